The van der Waals surface area contributed by atoms with Gasteiger partial charge in [0.1, 0.15) is 9.09 Å². The van der Waals surface area contributed by atoms with Crippen molar-refractivity contribution in [2.45, 2.75) is 4.21 Å². The van der Waals surface area contributed by atoms with Crippen molar-refractivity contribution < 1.29 is 23.4 Å². The van der Waals surface area contributed by atoms with Gasteiger partial charge in [0.05, 0.1) is 6.61 Å². The van der Waals surface area contributed by atoms with Gasteiger partial charge in [0.2, 0.25) is 0 Å². The number of carboxylic acids is 1. The van der Waals surface area contributed by atoms with Crippen LogP contribution in [-0.2, 0) is 10.0 Å². The van der Waals surface area contributed by atoms with Crippen LogP contribution in [0.5, 0.6) is 0 Å². The van der Waals surface area contributed by atoms with E-state index in [1.807, 2.05) is 0 Å². The molecule has 8 heteroatoms. The Morgan fingerprint density at radius 2 is 2.12 bits per heavy atom. The second-order valence-electron chi connectivity index (χ2n) is 2.97. The number of rotatable bonds is 5. The number of hydrogen-bond donors (Lipinski definition) is 2. The van der Waals surface area contributed by atoms with E-state index in [9.17, 15) is 13.2 Å². The summed E-state index contributed by atoms with van der Waals surface area (Å²) < 4.78 is 24.5. The third-order valence-electron chi connectivity index (χ3n) is 1.87. The van der Waals surface area contributed by atoms with Gasteiger partial charge in [0.25, 0.3) is 10.0 Å². The van der Waals surface area contributed by atoms with Gasteiger partial charge in [-0.1, -0.05) is 0 Å². The lowest BCUT2D eigenvalue weighted by Gasteiger charge is -2.13. The van der Waals surface area contributed by atoms with Gasteiger partial charge < -0.3 is 10.2 Å². The first kappa shape index (κ1) is 13.1. The van der Waals surface area contributed by atoms with Gasteiger partial charge in [-0.05, 0) is 12.1 Å². The fraction of sp³-hybridized carbons (Fsp3) is 0.375. The number of nitrogens with zero attached hydrogens (tertiary/aromatic N) is 1. The summed E-state index contributed by atoms with van der Waals surface area (Å²) in [5.41, 5.74) is 0. The average Bonchev–Trinajstić information content (AvgIpc) is 2.67. The molecule has 1 heterocycles. The molecule has 2 N–H and O–H groups in total. The first-order valence-corrected chi connectivity index (χ1v) is 6.55. The normalized spacial score (nSPS) is 11.9. The van der Waals surface area contributed by atoms with Crippen LogP contribution in [0.25, 0.3) is 0 Å². The number of sulfonamides is 1. The topological polar surface area (TPSA) is 94.9 Å². The standard InChI is InChI=1S/C8H11NO5S2/c1-9(4-5-10)16(13,14)7-3-2-6(15-7)8(11)12/h2-3,10H,4-5H2,1H3,(H,11,12). The Hall–Kier alpha value is -0.960. The van der Waals surface area contributed by atoms with Crippen molar-refractivity contribution in [3.05, 3.63) is 17.0 Å². The fourth-order valence-electron chi connectivity index (χ4n) is 0.988. The van der Waals surface area contributed by atoms with Crippen LogP contribution >= 0.6 is 11.3 Å². The molecule has 16 heavy (non-hydrogen) atoms. The highest BCUT2D eigenvalue weighted by Crippen LogP contribution is 2.23. The second kappa shape index (κ2) is 4.91. The van der Waals surface area contributed by atoms with E-state index in [1.54, 1.807) is 0 Å². The van der Waals surface area contributed by atoms with E-state index in [0.29, 0.717) is 11.3 Å². The van der Waals surface area contributed by atoms with E-state index in [4.69, 9.17) is 10.2 Å². The number of thiophene rings is 1. The number of aliphatic hydroxyl groups excluding tert-OH is 1. The summed E-state index contributed by atoms with van der Waals surface area (Å²) in [6.45, 7) is -0.310. The van der Waals surface area contributed by atoms with Crippen molar-refractivity contribution in [3.8, 4) is 0 Å². The van der Waals surface area contributed by atoms with Crippen LogP contribution in [0.1, 0.15) is 9.67 Å². The van der Waals surface area contributed by atoms with E-state index in [0.717, 1.165) is 4.31 Å². The molecule has 1 rings (SSSR count). The van der Waals surface area contributed by atoms with Gasteiger partial charge in [-0.15, -0.1) is 11.3 Å². The molecule has 1 aromatic heterocycles. The van der Waals surface area contributed by atoms with Gasteiger partial charge in [-0.25, -0.2) is 13.2 Å². The molecule has 0 radical (unpaired) electrons. The van der Waals surface area contributed by atoms with Crippen LogP contribution in [0, 0.1) is 0 Å². The van der Waals surface area contributed by atoms with Crippen LogP contribution in [0.3, 0.4) is 0 Å². The molecule has 0 amide bonds. The molecule has 0 aliphatic heterocycles. The van der Waals surface area contributed by atoms with Crippen molar-refractivity contribution in [2.24, 2.45) is 0 Å². The molecule has 6 nitrogen and oxygen atoms in total. The van der Waals surface area contributed by atoms with Crippen molar-refractivity contribution in [3.63, 3.8) is 0 Å². The summed E-state index contributed by atoms with van der Waals surface area (Å²) in [7, 11) is -2.36. The lowest BCUT2D eigenvalue weighted by Crippen LogP contribution is -2.29. The smallest absolute Gasteiger partial charge is 0.345 e. The number of hydrogen-bond acceptors (Lipinski definition) is 5. The SMILES string of the molecule is CN(CCO)S(=O)(=O)c1ccc(C(=O)O)s1. The van der Waals surface area contributed by atoms with Crippen molar-refractivity contribution >= 4 is 27.3 Å². The third-order valence-corrected chi connectivity index (χ3v) is 5.27. The molecule has 0 unspecified atom stereocenters. The Morgan fingerprint density at radius 3 is 2.56 bits per heavy atom. The molecule has 0 saturated heterocycles. The third kappa shape index (κ3) is 2.59. The first-order chi connectivity index (χ1) is 7.39. The van der Waals surface area contributed by atoms with E-state index in [1.165, 1.54) is 19.2 Å². The molecule has 0 aliphatic carbocycles. The zero-order chi connectivity index (χ0) is 12.3. The van der Waals surface area contributed by atoms with Crippen LogP contribution in [0.2, 0.25) is 0 Å². The van der Waals surface area contributed by atoms with Gasteiger partial charge in [-0.2, -0.15) is 4.31 Å². The second-order valence-corrected chi connectivity index (χ2v) is 6.33. The van der Waals surface area contributed by atoms with E-state index in [2.05, 4.69) is 0 Å². The lowest BCUT2D eigenvalue weighted by atomic mass is 10.5. The zero-order valence-electron chi connectivity index (χ0n) is 8.45. The van der Waals surface area contributed by atoms with Crippen molar-refractivity contribution in [1.29, 1.82) is 0 Å². The average molecular weight is 265 g/mol. The molecule has 0 atom stereocenters. The number of aliphatic hydroxyl groups is 1. The van der Waals surface area contributed by atoms with Gasteiger partial charge in [-0.3, -0.25) is 0 Å². The summed E-state index contributed by atoms with van der Waals surface area (Å²) in [6, 6.07) is 2.49. The fourth-order valence-corrected chi connectivity index (χ4v) is 3.51. The number of aromatic carboxylic acids is 1. The summed E-state index contributed by atoms with van der Waals surface area (Å²) in [5, 5.41) is 17.3. The molecule has 1 aromatic rings. The Labute approximate surface area is 96.8 Å². The van der Waals surface area contributed by atoms with Crippen molar-refractivity contribution in [1.82, 2.24) is 4.31 Å². The quantitative estimate of drug-likeness (QED) is 0.785. The monoisotopic (exact) mass is 265 g/mol. The summed E-state index contributed by atoms with van der Waals surface area (Å²) in [5.74, 6) is -1.16. The summed E-state index contributed by atoms with van der Waals surface area (Å²) in [6.07, 6.45) is 0. The summed E-state index contributed by atoms with van der Waals surface area (Å²) >= 11 is 0.691. The largest absolute Gasteiger partial charge is 0.477 e. The molecule has 0 bridgehead atoms. The van der Waals surface area contributed by atoms with Crippen LogP contribution in [0.4, 0.5) is 0 Å². The molecular weight excluding hydrogens is 254 g/mol. The van der Waals surface area contributed by atoms with Crippen LogP contribution in [-0.4, -0.2) is 49.1 Å². The molecule has 0 aliphatic rings. The zero-order valence-corrected chi connectivity index (χ0v) is 10.1. The first-order valence-electron chi connectivity index (χ1n) is 4.30. The van der Waals surface area contributed by atoms with Crippen molar-refractivity contribution in [2.75, 3.05) is 20.2 Å². The van der Waals surface area contributed by atoms with Gasteiger partial charge in [0, 0.05) is 13.6 Å². The Balaban J connectivity index is 3.03. The molecule has 90 valence electrons. The molecule has 0 saturated carbocycles. The van der Waals surface area contributed by atoms with Crippen LogP contribution < -0.4 is 0 Å². The summed E-state index contributed by atoms with van der Waals surface area (Å²) in [4.78, 5) is 10.6. The van der Waals surface area contributed by atoms with Gasteiger partial charge >= 0.3 is 5.97 Å². The van der Waals surface area contributed by atoms with Crippen LogP contribution in [0.15, 0.2) is 16.3 Å². The molecule has 0 aromatic carbocycles. The molecule has 0 spiro atoms. The minimum Gasteiger partial charge on any atom is -0.477 e. The Bertz CT molecular complexity index is 478. The maximum atomic E-state index is 11.8. The minimum absolute atomic E-state index is 0.0252. The number of carboxylic acid groups (broad SMARTS) is 1. The highest BCUT2D eigenvalue weighted by Gasteiger charge is 2.23. The number of likely N-dealkylation sites (N-methyl/N-ethyl adjacent to an activating group) is 1. The Kier molecular flexibility index (Phi) is 4.03. The predicted molar refractivity (Wildman–Crippen MR) is 58.2 cm³/mol. The maximum Gasteiger partial charge on any atom is 0.345 e. The number of carbonyl (C=O) groups is 1. The highest BCUT2D eigenvalue weighted by molar-refractivity contribution is 7.91. The van der Waals surface area contributed by atoms with E-state index in [-0.39, 0.29) is 22.2 Å². The predicted octanol–water partition coefficient (Wildman–Crippen LogP) is 0.0591. The highest BCUT2D eigenvalue weighted by atomic mass is 32.2. The molecule has 0 fully saturated rings. The van der Waals surface area contributed by atoms with E-state index < -0.39 is 16.0 Å². The van der Waals surface area contributed by atoms with Gasteiger partial charge in [0.15, 0.2) is 0 Å². The lowest BCUT2D eigenvalue weighted by molar-refractivity contribution is 0.0702. The Morgan fingerprint density at radius 1 is 1.50 bits per heavy atom. The maximum absolute atomic E-state index is 11.8. The minimum atomic E-state index is -3.69. The molecular formula is C8H11NO5S2. The van der Waals surface area contributed by atoms with E-state index >= 15 is 0 Å².